The monoisotopic (exact) mass is 328 g/mol. The molecule has 1 fully saturated rings. The summed E-state index contributed by atoms with van der Waals surface area (Å²) in [6, 6.07) is 3.87. The fourth-order valence-corrected chi connectivity index (χ4v) is 3.84. The Morgan fingerprint density at radius 3 is 2.50 bits per heavy atom. The van der Waals surface area contributed by atoms with E-state index in [1.54, 1.807) is 0 Å². The lowest BCUT2D eigenvalue weighted by atomic mass is 10.0. The largest absolute Gasteiger partial charge is 0.323 e. The molecule has 18 heavy (non-hydrogen) atoms. The third-order valence-electron chi connectivity index (χ3n) is 3.87. The lowest BCUT2D eigenvalue weighted by Crippen LogP contribution is -2.00. The summed E-state index contributed by atoms with van der Waals surface area (Å²) in [7, 11) is 0. The van der Waals surface area contributed by atoms with Crippen molar-refractivity contribution >= 4 is 38.6 Å². The first-order valence-corrected chi connectivity index (χ1v) is 7.17. The molecule has 2 atom stereocenters. The van der Waals surface area contributed by atoms with Gasteiger partial charge in [-0.3, -0.25) is 0 Å². The van der Waals surface area contributed by atoms with Crippen molar-refractivity contribution in [3.05, 3.63) is 32.7 Å². The van der Waals surface area contributed by atoms with Crippen molar-refractivity contribution in [2.24, 2.45) is 11.3 Å². The molecular weight excluding hydrogens is 316 g/mol. The van der Waals surface area contributed by atoms with E-state index in [0.717, 1.165) is 27.5 Å². The molecule has 1 aliphatic rings. The van der Waals surface area contributed by atoms with E-state index >= 15 is 0 Å². The molecule has 2 aromatic rings. The summed E-state index contributed by atoms with van der Waals surface area (Å²) in [4.78, 5) is 16.8. The maximum absolute atomic E-state index is 11.3. The molecule has 0 bridgehead atoms. The molecule has 2 N–H and O–H groups in total. The standard InChI is InChI=1S/C13H14BrClN2O/c1-13(2)5-7(13)11(15)6-3-9-10(4-8(6)14)17-12(18)16-9/h3-4,7,11H,5H2,1-2H3,(H2,16,17,18). The molecule has 3 nitrogen and oxygen atoms in total. The Morgan fingerprint density at radius 1 is 1.39 bits per heavy atom. The fraction of sp³-hybridized carbons (Fsp3) is 0.462. The van der Waals surface area contributed by atoms with Gasteiger partial charge in [0.1, 0.15) is 0 Å². The topological polar surface area (TPSA) is 48.6 Å². The maximum Gasteiger partial charge on any atom is 0.323 e. The molecule has 0 amide bonds. The van der Waals surface area contributed by atoms with E-state index < -0.39 is 0 Å². The average molecular weight is 330 g/mol. The number of imidazole rings is 1. The van der Waals surface area contributed by atoms with Crippen molar-refractivity contribution in [3.8, 4) is 0 Å². The van der Waals surface area contributed by atoms with Crippen LogP contribution in [0.4, 0.5) is 0 Å². The third kappa shape index (κ3) is 1.91. The van der Waals surface area contributed by atoms with Gasteiger partial charge in [0.05, 0.1) is 16.4 Å². The molecule has 0 aliphatic heterocycles. The summed E-state index contributed by atoms with van der Waals surface area (Å²) in [5.41, 5.74) is 2.80. The molecule has 0 saturated heterocycles. The normalized spacial score (nSPS) is 23.2. The Labute approximate surface area is 118 Å². The van der Waals surface area contributed by atoms with Gasteiger partial charge >= 0.3 is 5.69 Å². The van der Waals surface area contributed by atoms with Gasteiger partial charge in [0.2, 0.25) is 0 Å². The smallest absolute Gasteiger partial charge is 0.306 e. The first-order chi connectivity index (χ1) is 8.38. The second kappa shape index (κ2) is 3.87. The highest BCUT2D eigenvalue weighted by atomic mass is 79.9. The lowest BCUT2D eigenvalue weighted by molar-refractivity contribution is 0.548. The number of alkyl halides is 1. The van der Waals surface area contributed by atoms with Gasteiger partial charge in [-0.2, -0.15) is 0 Å². The minimum absolute atomic E-state index is 0.0165. The van der Waals surface area contributed by atoms with Crippen LogP contribution < -0.4 is 5.69 Å². The van der Waals surface area contributed by atoms with Crippen molar-refractivity contribution in [2.75, 3.05) is 0 Å². The quantitative estimate of drug-likeness (QED) is 0.805. The molecule has 1 aromatic heterocycles. The van der Waals surface area contributed by atoms with Crippen LogP contribution in [0.3, 0.4) is 0 Å². The molecule has 5 heteroatoms. The minimum Gasteiger partial charge on any atom is -0.306 e. The molecule has 1 aliphatic carbocycles. The number of hydrogen-bond donors (Lipinski definition) is 2. The van der Waals surface area contributed by atoms with Gasteiger partial charge in [-0.05, 0) is 35.4 Å². The summed E-state index contributed by atoms with van der Waals surface area (Å²) in [6.07, 6.45) is 1.15. The van der Waals surface area contributed by atoms with Crippen LogP contribution >= 0.6 is 27.5 Å². The van der Waals surface area contributed by atoms with E-state index in [-0.39, 0.29) is 11.1 Å². The predicted octanol–water partition coefficient (Wildman–Crippen LogP) is 3.94. The summed E-state index contributed by atoms with van der Waals surface area (Å²) in [5.74, 6) is 0.499. The highest BCUT2D eigenvalue weighted by Gasteiger charge is 2.50. The van der Waals surface area contributed by atoms with Crippen molar-refractivity contribution in [3.63, 3.8) is 0 Å². The first kappa shape index (κ1) is 12.3. The van der Waals surface area contributed by atoms with Crippen LogP contribution in [-0.2, 0) is 0 Å². The van der Waals surface area contributed by atoms with Crippen LogP contribution in [0.1, 0.15) is 31.2 Å². The number of rotatable bonds is 2. The van der Waals surface area contributed by atoms with Crippen LogP contribution in [0, 0.1) is 11.3 Å². The van der Waals surface area contributed by atoms with Gasteiger partial charge in [0.15, 0.2) is 0 Å². The van der Waals surface area contributed by atoms with Gasteiger partial charge in [-0.15, -0.1) is 11.6 Å². The van der Waals surface area contributed by atoms with Crippen LogP contribution in [0.5, 0.6) is 0 Å². The Hall–Kier alpha value is -0.740. The number of halogens is 2. The van der Waals surface area contributed by atoms with Crippen LogP contribution in [0.2, 0.25) is 0 Å². The van der Waals surface area contributed by atoms with E-state index in [0.29, 0.717) is 11.3 Å². The zero-order chi connectivity index (χ0) is 13.1. The number of aromatic nitrogens is 2. The Morgan fingerprint density at radius 2 is 1.94 bits per heavy atom. The Bertz CT molecular complexity index is 673. The van der Waals surface area contributed by atoms with Crippen molar-refractivity contribution in [1.82, 2.24) is 9.97 Å². The Kier molecular flexibility index (Phi) is 2.65. The molecular formula is C13H14BrClN2O. The van der Waals surface area contributed by atoms with Crippen molar-refractivity contribution in [2.45, 2.75) is 25.6 Å². The molecule has 0 radical (unpaired) electrons. The highest BCUT2D eigenvalue weighted by Crippen LogP contribution is 2.60. The minimum atomic E-state index is -0.188. The zero-order valence-corrected chi connectivity index (χ0v) is 12.5. The Balaban J connectivity index is 2.06. The number of hydrogen-bond acceptors (Lipinski definition) is 1. The van der Waals surface area contributed by atoms with E-state index in [1.165, 1.54) is 0 Å². The molecule has 0 spiro atoms. The number of fused-ring (bicyclic) bond motifs is 1. The maximum atomic E-state index is 11.3. The number of aromatic amines is 2. The van der Waals surface area contributed by atoms with Crippen molar-refractivity contribution in [1.29, 1.82) is 0 Å². The molecule has 1 saturated carbocycles. The van der Waals surface area contributed by atoms with Gasteiger partial charge in [0.25, 0.3) is 0 Å². The van der Waals surface area contributed by atoms with Crippen LogP contribution in [0.15, 0.2) is 21.4 Å². The average Bonchev–Trinajstić information content (AvgIpc) is 2.75. The van der Waals surface area contributed by atoms with E-state index in [4.69, 9.17) is 11.6 Å². The van der Waals surface area contributed by atoms with Crippen molar-refractivity contribution < 1.29 is 0 Å². The predicted molar refractivity (Wildman–Crippen MR) is 77.1 cm³/mol. The summed E-state index contributed by atoms with van der Waals surface area (Å²) in [5, 5.41) is -0.0165. The SMILES string of the molecule is CC1(C)CC1C(Cl)c1cc2[nH]c(=O)[nH]c2cc1Br. The first-order valence-electron chi connectivity index (χ1n) is 5.94. The molecule has 2 unspecified atom stereocenters. The molecule has 96 valence electrons. The van der Waals surface area contributed by atoms with E-state index in [1.807, 2.05) is 12.1 Å². The summed E-state index contributed by atoms with van der Waals surface area (Å²) >= 11 is 10.1. The summed E-state index contributed by atoms with van der Waals surface area (Å²) < 4.78 is 0.952. The zero-order valence-electron chi connectivity index (χ0n) is 10.2. The fourth-order valence-electron chi connectivity index (χ4n) is 2.51. The van der Waals surface area contributed by atoms with E-state index in [2.05, 4.69) is 39.7 Å². The van der Waals surface area contributed by atoms with Gasteiger partial charge in [-0.25, -0.2) is 4.79 Å². The van der Waals surface area contributed by atoms with Gasteiger partial charge < -0.3 is 9.97 Å². The highest BCUT2D eigenvalue weighted by molar-refractivity contribution is 9.10. The summed E-state index contributed by atoms with van der Waals surface area (Å²) in [6.45, 7) is 4.47. The molecule has 1 heterocycles. The molecule has 1 aromatic carbocycles. The van der Waals surface area contributed by atoms with Gasteiger partial charge in [0, 0.05) is 4.47 Å². The number of H-pyrrole nitrogens is 2. The van der Waals surface area contributed by atoms with Crippen LogP contribution in [-0.4, -0.2) is 9.97 Å². The lowest BCUT2D eigenvalue weighted by Gasteiger charge is -2.13. The third-order valence-corrected chi connectivity index (χ3v) is 5.10. The van der Waals surface area contributed by atoms with E-state index in [9.17, 15) is 4.79 Å². The number of benzene rings is 1. The van der Waals surface area contributed by atoms with Gasteiger partial charge in [-0.1, -0.05) is 29.8 Å². The van der Waals surface area contributed by atoms with Crippen LogP contribution in [0.25, 0.3) is 11.0 Å². The number of nitrogens with one attached hydrogen (secondary N) is 2. The second-order valence-corrected chi connectivity index (χ2v) is 7.02. The molecule has 3 rings (SSSR count). The second-order valence-electron chi connectivity index (χ2n) is 5.70.